The zero-order valence-corrected chi connectivity index (χ0v) is 18.6. The van der Waals surface area contributed by atoms with Crippen LogP contribution in [0, 0.1) is 10.1 Å². The van der Waals surface area contributed by atoms with E-state index in [9.17, 15) is 23.3 Å². The predicted molar refractivity (Wildman–Crippen MR) is 118 cm³/mol. The maximum atomic E-state index is 12.7. The third-order valence-corrected chi connectivity index (χ3v) is 7.82. The number of rotatable bonds is 7. The summed E-state index contributed by atoms with van der Waals surface area (Å²) in [6, 6.07) is 6.86. The molecule has 0 bridgehead atoms. The van der Waals surface area contributed by atoms with Crippen molar-refractivity contribution in [3.8, 4) is 11.5 Å². The zero-order chi connectivity index (χ0) is 23.0. The first-order valence-corrected chi connectivity index (χ1v) is 12.0. The van der Waals surface area contributed by atoms with E-state index in [0.717, 1.165) is 12.1 Å². The van der Waals surface area contributed by atoms with Crippen molar-refractivity contribution in [3.05, 3.63) is 51.5 Å². The summed E-state index contributed by atoms with van der Waals surface area (Å²) in [6.45, 7) is 0. The van der Waals surface area contributed by atoms with E-state index < -0.39 is 37.6 Å². The lowest BCUT2D eigenvalue weighted by molar-refractivity contribution is -0.388. The van der Waals surface area contributed by atoms with Gasteiger partial charge in [-0.1, -0.05) is 0 Å². The van der Waals surface area contributed by atoms with Gasteiger partial charge in [0.25, 0.3) is 5.69 Å². The van der Waals surface area contributed by atoms with Gasteiger partial charge in [-0.15, -0.1) is 23.1 Å². The number of thiazole rings is 1. The summed E-state index contributed by atoms with van der Waals surface area (Å²) in [6.07, 6.45) is 0. The van der Waals surface area contributed by atoms with Gasteiger partial charge in [-0.25, -0.2) is 9.78 Å². The fourth-order valence-corrected chi connectivity index (χ4v) is 5.98. The summed E-state index contributed by atoms with van der Waals surface area (Å²) in [5, 5.41) is 21.4. The number of nitro groups is 1. The van der Waals surface area contributed by atoms with Crippen LogP contribution in [0.2, 0.25) is 0 Å². The molecule has 14 heteroatoms. The Labute approximate surface area is 189 Å². The molecule has 1 N–H and O–H groups in total. The highest BCUT2D eigenvalue weighted by atomic mass is 32.2. The molecule has 1 aliphatic rings. The largest absolute Gasteiger partial charge is 0.497 e. The molecule has 0 radical (unpaired) electrons. The standard InChI is InChI=1S/C18H13N3O8S3/c1-28-9-3-5-15(13(6-9)21(24)25)32(26,27)29-10-2-4-11-14(7-10)31-17(19-11)16-20-12(8-30-16)18(22)23/h2-7,12H,8H2,1H3,(H,22,23)/t12-/m1/s1. The highest BCUT2D eigenvalue weighted by molar-refractivity contribution is 8.15. The molecule has 32 heavy (non-hydrogen) atoms. The summed E-state index contributed by atoms with van der Waals surface area (Å²) in [5.74, 6) is -0.620. The Balaban J connectivity index is 1.64. The van der Waals surface area contributed by atoms with Crippen molar-refractivity contribution in [2.24, 2.45) is 4.99 Å². The SMILES string of the molecule is COc1ccc(S(=O)(=O)Oc2ccc3nc(C4=N[C@@H](C(=O)O)CS4)sc3c2)c([N+](=O)[O-])c1. The number of benzene rings is 2. The molecular formula is C18H13N3O8S3. The van der Waals surface area contributed by atoms with E-state index in [1.807, 2.05) is 0 Å². The molecule has 1 aromatic heterocycles. The summed E-state index contributed by atoms with van der Waals surface area (Å²) in [7, 11) is -3.21. The van der Waals surface area contributed by atoms with Gasteiger partial charge in [0.2, 0.25) is 0 Å². The lowest BCUT2D eigenvalue weighted by Gasteiger charge is -2.08. The molecule has 0 fully saturated rings. The van der Waals surface area contributed by atoms with Crippen LogP contribution in [0.15, 0.2) is 46.3 Å². The molecule has 3 aromatic rings. The van der Waals surface area contributed by atoms with Crippen LogP contribution in [0.25, 0.3) is 10.2 Å². The smallest absolute Gasteiger partial charge is 0.346 e. The van der Waals surface area contributed by atoms with Gasteiger partial charge in [-0.2, -0.15) is 8.42 Å². The summed E-state index contributed by atoms with van der Waals surface area (Å²) >= 11 is 2.48. The number of hydrogen-bond acceptors (Lipinski definition) is 11. The number of aliphatic imine (C=N–C) groups is 1. The molecule has 0 unspecified atom stereocenters. The molecule has 2 heterocycles. The van der Waals surface area contributed by atoms with Crippen LogP contribution < -0.4 is 8.92 Å². The van der Waals surface area contributed by atoms with E-state index in [4.69, 9.17) is 14.0 Å². The first-order valence-electron chi connectivity index (χ1n) is 8.79. The molecule has 0 amide bonds. The van der Waals surface area contributed by atoms with Gasteiger partial charge >= 0.3 is 16.1 Å². The Hall–Kier alpha value is -3.23. The molecule has 0 aliphatic carbocycles. The Morgan fingerprint density at radius 2 is 2.00 bits per heavy atom. The van der Waals surface area contributed by atoms with Crippen molar-refractivity contribution in [3.63, 3.8) is 0 Å². The van der Waals surface area contributed by atoms with Crippen LogP contribution in [0.4, 0.5) is 5.69 Å². The second kappa shape index (κ2) is 8.37. The molecule has 4 rings (SSSR count). The van der Waals surface area contributed by atoms with E-state index >= 15 is 0 Å². The molecule has 11 nitrogen and oxygen atoms in total. The van der Waals surface area contributed by atoms with Crippen molar-refractivity contribution in [2.75, 3.05) is 12.9 Å². The number of hydrogen-bond donors (Lipinski definition) is 1. The van der Waals surface area contributed by atoms with Crippen LogP contribution in [-0.2, 0) is 14.9 Å². The fraction of sp³-hybridized carbons (Fsp3) is 0.167. The lowest BCUT2D eigenvalue weighted by Crippen LogP contribution is -2.17. The van der Waals surface area contributed by atoms with Gasteiger partial charge in [0.15, 0.2) is 10.9 Å². The summed E-state index contributed by atoms with van der Waals surface area (Å²) < 4.78 is 36.1. The van der Waals surface area contributed by atoms with Crippen LogP contribution in [0.1, 0.15) is 5.01 Å². The molecule has 2 aromatic carbocycles. The normalized spacial score (nSPS) is 16.0. The van der Waals surface area contributed by atoms with Crippen LogP contribution in [-0.4, -0.2) is 53.3 Å². The molecule has 1 atom stereocenters. The van der Waals surface area contributed by atoms with E-state index in [1.165, 1.54) is 54.5 Å². The highest BCUT2D eigenvalue weighted by Gasteiger charge is 2.29. The van der Waals surface area contributed by atoms with Crippen LogP contribution >= 0.6 is 23.1 Å². The Bertz CT molecular complexity index is 1380. The third-order valence-electron chi connectivity index (χ3n) is 4.32. The number of carboxylic acid groups (broad SMARTS) is 1. The molecular weight excluding hydrogens is 482 g/mol. The molecule has 0 saturated carbocycles. The minimum absolute atomic E-state index is 0.0535. The topological polar surface area (TPSA) is 158 Å². The third kappa shape index (κ3) is 4.24. The van der Waals surface area contributed by atoms with Crippen molar-refractivity contribution >= 4 is 60.1 Å². The van der Waals surface area contributed by atoms with Gasteiger partial charge in [0.1, 0.15) is 21.6 Å². The number of aliphatic carboxylic acids is 1. The number of methoxy groups -OCH3 is 1. The van der Waals surface area contributed by atoms with Gasteiger partial charge in [-0.05, 0) is 24.3 Å². The number of nitro benzene ring substituents is 1. The summed E-state index contributed by atoms with van der Waals surface area (Å²) in [4.78, 5) is 29.5. The average molecular weight is 496 g/mol. The minimum Gasteiger partial charge on any atom is -0.497 e. The number of aromatic nitrogens is 1. The lowest BCUT2D eigenvalue weighted by atomic mass is 10.3. The van der Waals surface area contributed by atoms with E-state index in [-0.39, 0.29) is 11.5 Å². The number of fused-ring (bicyclic) bond motifs is 1. The van der Waals surface area contributed by atoms with Crippen molar-refractivity contribution in [1.82, 2.24) is 4.98 Å². The van der Waals surface area contributed by atoms with Crippen molar-refractivity contribution in [2.45, 2.75) is 10.9 Å². The second-order valence-corrected chi connectivity index (χ2v) is 9.93. The number of ether oxygens (including phenoxy) is 1. The molecule has 0 saturated heterocycles. The average Bonchev–Trinajstić information content (AvgIpc) is 3.39. The zero-order valence-electron chi connectivity index (χ0n) is 16.1. The van der Waals surface area contributed by atoms with Gasteiger partial charge < -0.3 is 14.0 Å². The maximum absolute atomic E-state index is 12.7. The first-order chi connectivity index (χ1) is 15.2. The number of carboxylic acids is 1. The number of nitrogens with zero attached hydrogens (tertiary/aromatic N) is 3. The van der Waals surface area contributed by atoms with Crippen LogP contribution in [0.3, 0.4) is 0 Å². The quantitative estimate of drug-likeness (QED) is 0.293. The molecule has 0 spiro atoms. The Morgan fingerprint density at radius 1 is 1.25 bits per heavy atom. The number of carbonyl (C=O) groups is 1. The fourth-order valence-electron chi connectivity index (χ4n) is 2.82. The van der Waals surface area contributed by atoms with E-state index in [1.54, 1.807) is 0 Å². The summed E-state index contributed by atoms with van der Waals surface area (Å²) in [5.41, 5.74) is -0.123. The Morgan fingerprint density at radius 3 is 2.66 bits per heavy atom. The second-order valence-electron chi connectivity index (χ2n) is 6.38. The van der Waals surface area contributed by atoms with Crippen LogP contribution in [0.5, 0.6) is 11.5 Å². The monoisotopic (exact) mass is 495 g/mol. The molecule has 166 valence electrons. The van der Waals surface area contributed by atoms with Gasteiger partial charge in [-0.3, -0.25) is 15.1 Å². The van der Waals surface area contributed by atoms with E-state index in [2.05, 4.69) is 9.98 Å². The molecule has 1 aliphatic heterocycles. The van der Waals surface area contributed by atoms with Crippen molar-refractivity contribution in [1.29, 1.82) is 0 Å². The Kier molecular flexibility index (Phi) is 5.75. The minimum atomic E-state index is -4.51. The maximum Gasteiger partial charge on any atom is 0.346 e. The predicted octanol–water partition coefficient (Wildman–Crippen LogP) is 2.93. The van der Waals surface area contributed by atoms with Gasteiger partial charge in [0, 0.05) is 11.8 Å². The first kappa shape index (κ1) is 22.0. The number of thioether (sulfide) groups is 1. The van der Waals surface area contributed by atoms with Crippen molar-refractivity contribution < 1.29 is 32.2 Å². The van der Waals surface area contributed by atoms with Gasteiger partial charge in [0.05, 0.1) is 28.3 Å². The van der Waals surface area contributed by atoms with E-state index in [0.29, 0.717) is 26.0 Å². The highest BCUT2D eigenvalue weighted by Crippen LogP contribution is 2.34.